The van der Waals surface area contributed by atoms with Gasteiger partial charge in [0, 0.05) is 0 Å². The molecule has 0 saturated heterocycles. The van der Waals surface area contributed by atoms with Crippen LogP contribution in [0.5, 0.6) is 0 Å². The summed E-state index contributed by atoms with van der Waals surface area (Å²) in [5, 5.41) is 2.21. The first-order valence-electron chi connectivity index (χ1n) is 2.91. The molecule has 0 fully saturated rings. The number of carbonyl (C=O) groups excluding carboxylic acids is 2. The van der Waals surface area contributed by atoms with Crippen molar-refractivity contribution in [3.8, 4) is 0 Å². The largest absolute Gasteiger partial charge is 0.391 e. The van der Waals surface area contributed by atoms with Crippen LogP contribution in [-0.2, 0) is 14.3 Å². The smallest absolute Gasteiger partial charge is 0.335 e. The molecule has 1 N–H and O–H groups in total. The minimum Gasteiger partial charge on any atom is -0.391 e. The summed E-state index contributed by atoms with van der Waals surface area (Å²) in [5.41, 5.74) is 0. The number of carbonyl (C=O) groups is 2. The molecule has 5 heteroatoms. The molecule has 1 aliphatic rings. The Kier molecular flexibility index (Phi) is 2.00. The molecule has 1 rings (SSSR count). The van der Waals surface area contributed by atoms with Gasteiger partial charge in [0.15, 0.2) is 0 Å². The summed E-state index contributed by atoms with van der Waals surface area (Å²) in [6.07, 6.45) is 1.06. The molecule has 0 unspecified atom stereocenters. The van der Waals surface area contributed by atoms with Gasteiger partial charge in [0.05, 0.1) is 0 Å². The summed E-state index contributed by atoms with van der Waals surface area (Å²) in [6, 6.07) is -0.0556. The number of esters is 1. The topological polar surface area (TPSA) is 67.8 Å². The van der Waals surface area contributed by atoms with E-state index in [4.69, 9.17) is 0 Å². The molecule has 0 radical (unpaired) electrons. The zero-order chi connectivity index (χ0) is 8.27. The zero-order valence-electron chi connectivity index (χ0n) is 5.66. The Balaban J connectivity index is 2.45. The Hall–Kier alpha value is -1.65. The van der Waals surface area contributed by atoms with Crippen LogP contribution in [0, 0.1) is 0 Å². The fourth-order valence-corrected chi connectivity index (χ4v) is 0.530. The number of hydrogen-bond acceptors (Lipinski definition) is 4. The normalized spacial score (nSPS) is 15.3. The first kappa shape index (κ1) is 7.46. The molecule has 11 heavy (non-hydrogen) atoms. The van der Waals surface area contributed by atoms with E-state index in [1.165, 1.54) is 0 Å². The Morgan fingerprint density at radius 3 is 3.00 bits per heavy atom. The third-order valence-corrected chi connectivity index (χ3v) is 0.978. The van der Waals surface area contributed by atoms with Gasteiger partial charge in [-0.25, -0.2) is 9.79 Å². The molecule has 1 aliphatic heterocycles. The number of hydrogen-bond donors (Lipinski definition) is 1. The summed E-state index contributed by atoms with van der Waals surface area (Å²) in [7, 11) is 0. The van der Waals surface area contributed by atoms with Gasteiger partial charge in [-0.05, 0) is 6.08 Å². The van der Waals surface area contributed by atoms with Gasteiger partial charge in [-0.1, -0.05) is 6.58 Å². The lowest BCUT2D eigenvalue weighted by Crippen LogP contribution is -2.29. The number of nitrogens with one attached hydrogen (secondary N) is 1. The Morgan fingerprint density at radius 1 is 1.82 bits per heavy atom. The van der Waals surface area contributed by atoms with Crippen molar-refractivity contribution in [1.29, 1.82) is 0 Å². The van der Waals surface area contributed by atoms with Crippen LogP contribution < -0.4 is 5.32 Å². The molecular weight excluding hydrogens is 148 g/mol. The van der Waals surface area contributed by atoms with E-state index in [2.05, 4.69) is 21.6 Å². The molecule has 0 spiro atoms. The average Bonchev–Trinajstić information content (AvgIpc) is 2.35. The third kappa shape index (κ3) is 1.89. The van der Waals surface area contributed by atoms with Crippen molar-refractivity contribution in [1.82, 2.24) is 5.32 Å². The van der Waals surface area contributed by atoms with Crippen molar-refractivity contribution in [2.75, 3.05) is 6.54 Å². The molecule has 1 heterocycles. The van der Waals surface area contributed by atoms with Gasteiger partial charge in [0.2, 0.25) is 0 Å². The van der Waals surface area contributed by atoms with E-state index in [9.17, 15) is 9.59 Å². The van der Waals surface area contributed by atoms with E-state index >= 15 is 0 Å². The minimum atomic E-state index is -0.468. The Bertz CT molecular complexity index is 244. The van der Waals surface area contributed by atoms with Crippen LogP contribution in [0.3, 0.4) is 0 Å². The van der Waals surface area contributed by atoms with Gasteiger partial charge in [-0.15, -0.1) is 0 Å². The lowest BCUT2D eigenvalue weighted by molar-refractivity contribution is -0.132. The predicted molar refractivity (Wildman–Crippen MR) is 36.7 cm³/mol. The Labute approximate surface area is 62.8 Å². The summed E-state index contributed by atoms with van der Waals surface area (Å²) < 4.78 is 4.47. The number of amidine groups is 1. The first-order valence-corrected chi connectivity index (χ1v) is 2.91. The van der Waals surface area contributed by atoms with Crippen LogP contribution in [0.4, 0.5) is 0 Å². The van der Waals surface area contributed by atoms with Gasteiger partial charge >= 0.3 is 5.97 Å². The van der Waals surface area contributed by atoms with Gasteiger partial charge in [0.1, 0.15) is 6.54 Å². The number of amides is 1. The molecular formula is C6H6N2O3. The second-order valence-corrected chi connectivity index (χ2v) is 1.79. The number of cyclic esters (lactones) is 1. The molecule has 0 aromatic rings. The lowest BCUT2D eigenvalue weighted by Gasteiger charge is -1.97. The van der Waals surface area contributed by atoms with Crippen molar-refractivity contribution >= 4 is 17.9 Å². The van der Waals surface area contributed by atoms with E-state index in [1.807, 2.05) is 0 Å². The van der Waals surface area contributed by atoms with Crippen LogP contribution in [0.1, 0.15) is 0 Å². The van der Waals surface area contributed by atoms with Crippen molar-refractivity contribution in [3.05, 3.63) is 12.7 Å². The fraction of sp³-hybridized carbons (Fsp3) is 0.167. The highest BCUT2D eigenvalue weighted by molar-refractivity contribution is 6.05. The van der Waals surface area contributed by atoms with Crippen molar-refractivity contribution < 1.29 is 14.3 Å². The van der Waals surface area contributed by atoms with Gasteiger partial charge in [-0.3, -0.25) is 10.1 Å². The maximum absolute atomic E-state index is 10.6. The predicted octanol–water partition coefficient (Wildman–Crippen LogP) is -0.799. The van der Waals surface area contributed by atoms with Crippen LogP contribution in [0.2, 0.25) is 0 Å². The molecule has 0 saturated carbocycles. The van der Waals surface area contributed by atoms with Crippen molar-refractivity contribution in [3.63, 3.8) is 0 Å². The van der Waals surface area contributed by atoms with E-state index < -0.39 is 11.9 Å². The van der Waals surface area contributed by atoms with Crippen LogP contribution in [0.15, 0.2) is 17.6 Å². The molecule has 0 aromatic heterocycles. The van der Waals surface area contributed by atoms with Gasteiger partial charge < -0.3 is 4.74 Å². The molecule has 0 atom stereocenters. The van der Waals surface area contributed by atoms with Crippen LogP contribution in [0.25, 0.3) is 0 Å². The third-order valence-electron chi connectivity index (χ3n) is 0.978. The van der Waals surface area contributed by atoms with E-state index in [0.717, 1.165) is 6.08 Å². The highest BCUT2D eigenvalue weighted by atomic mass is 16.6. The van der Waals surface area contributed by atoms with Crippen molar-refractivity contribution in [2.24, 2.45) is 4.99 Å². The van der Waals surface area contributed by atoms with Crippen molar-refractivity contribution in [2.45, 2.75) is 0 Å². The lowest BCUT2D eigenvalue weighted by atomic mass is 10.6. The minimum absolute atomic E-state index is 0.0350. The van der Waals surface area contributed by atoms with Gasteiger partial charge in [0.25, 0.3) is 11.9 Å². The zero-order valence-corrected chi connectivity index (χ0v) is 5.66. The number of ether oxygens (including phenoxy) is 1. The quantitative estimate of drug-likeness (QED) is 0.397. The summed E-state index contributed by atoms with van der Waals surface area (Å²) in [6.45, 7) is 3.18. The van der Waals surface area contributed by atoms with E-state index in [1.54, 1.807) is 0 Å². The second-order valence-electron chi connectivity index (χ2n) is 1.79. The number of rotatable bonds is 1. The summed E-state index contributed by atoms with van der Waals surface area (Å²) >= 11 is 0. The highest BCUT2D eigenvalue weighted by Crippen LogP contribution is 1.92. The molecule has 5 nitrogen and oxygen atoms in total. The summed E-state index contributed by atoms with van der Waals surface area (Å²) in [5.74, 6) is -0.914. The standard InChI is InChI=1S/C6H6N2O3/c1-2-4(9)8-6-7-3-5(10)11-6/h2H,1,3H2,(H,7,8,9). The molecule has 1 amide bonds. The molecule has 0 aliphatic carbocycles. The average molecular weight is 154 g/mol. The Morgan fingerprint density at radius 2 is 2.55 bits per heavy atom. The maximum atomic E-state index is 10.6. The first-order chi connectivity index (χ1) is 5.22. The molecule has 0 bridgehead atoms. The maximum Gasteiger partial charge on any atom is 0.335 e. The SMILES string of the molecule is C=CC(=O)NC1=NCC(=O)O1. The number of aliphatic imine (C=N–C) groups is 1. The number of nitrogens with zero attached hydrogens (tertiary/aromatic N) is 1. The van der Waals surface area contributed by atoms with E-state index in [0.29, 0.717) is 0 Å². The van der Waals surface area contributed by atoms with Gasteiger partial charge in [-0.2, -0.15) is 0 Å². The fourth-order valence-electron chi connectivity index (χ4n) is 0.530. The van der Waals surface area contributed by atoms with Crippen LogP contribution >= 0.6 is 0 Å². The summed E-state index contributed by atoms with van der Waals surface area (Å²) in [4.78, 5) is 24.6. The molecule has 0 aromatic carbocycles. The highest BCUT2D eigenvalue weighted by Gasteiger charge is 2.16. The molecule has 58 valence electrons. The van der Waals surface area contributed by atoms with Crippen LogP contribution in [-0.4, -0.2) is 24.4 Å². The van der Waals surface area contributed by atoms with E-state index in [-0.39, 0.29) is 12.6 Å². The second kappa shape index (κ2) is 2.96. The monoisotopic (exact) mass is 154 g/mol.